The first kappa shape index (κ1) is 11.4. The Bertz CT molecular complexity index is 356. The van der Waals surface area contributed by atoms with Crippen molar-refractivity contribution < 1.29 is 0 Å². The summed E-state index contributed by atoms with van der Waals surface area (Å²) < 4.78 is 0. The smallest absolute Gasteiger partial charge is 0.0963 e. The highest BCUT2D eigenvalue weighted by Crippen LogP contribution is 2.21. The summed E-state index contributed by atoms with van der Waals surface area (Å²) in [4.78, 5) is 5.19. The van der Waals surface area contributed by atoms with Crippen LogP contribution in [0.4, 0.5) is 0 Å². The number of nitrogens with one attached hydrogen (secondary N) is 1. The van der Waals surface area contributed by atoms with Crippen LogP contribution >= 0.6 is 11.8 Å². The molecule has 4 heteroatoms. The van der Waals surface area contributed by atoms with Crippen LogP contribution in [-0.4, -0.2) is 22.8 Å². The Kier molecular flexibility index (Phi) is 4.20. The second kappa shape index (κ2) is 5.88. The quantitative estimate of drug-likeness (QED) is 0.765. The fourth-order valence-electron chi connectivity index (χ4n) is 1.45. The van der Waals surface area contributed by atoms with Crippen molar-refractivity contribution in [1.29, 1.82) is 5.26 Å². The molecule has 3 nitrogen and oxygen atoms in total. The molecule has 1 atom stereocenters. The summed E-state index contributed by atoms with van der Waals surface area (Å²) in [6, 6.07) is 6.95. The Labute approximate surface area is 100 Å². The highest BCUT2D eigenvalue weighted by Gasteiger charge is 2.24. The second-order valence-corrected chi connectivity index (χ2v) is 5.11. The van der Waals surface area contributed by atoms with Crippen molar-refractivity contribution in [1.82, 2.24) is 10.3 Å². The third-order valence-corrected chi connectivity index (χ3v) is 3.54. The minimum absolute atomic E-state index is 0.0156. The van der Waals surface area contributed by atoms with E-state index in [1.807, 2.05) is 12.1 Å². The molecule has 2 rings (SSSR count). The van der Waals surface area contributed by atoms with E-state index in [4.69, 9.17) is 5.26 Å². The van der Waals surface area contributed by atoms with E-state index in [1.165, 1.54) is 17.7 Å². The fraction of sp³-hybridized carbons (Fsp3) is 0.500. The monoisotopic (exact) mass is 233 g/mol. The predicted octanol–water partition coefficient (Wildman–Crippen LogP) is 2.21. The van der Waals surface area contributed by atoms with Crippen LogP contribution in [0, 0.1) is 11.3 Å². The third kappa shape index (κ3) is 3.84. The number of nitrogens with zero attached hydrogens (tertiary/aromatic N) is 2. The van der Waals surface area contributed by atoms with Crippen LogP contribution in [0.3, 0.4) is 0 Å². The fourth-order valence-corrected chi connectivity index (χ4v) is 2.35. The molecular formula is C12H15N3S. The summed E-state index contributed by atoms with van der Waals surface area (Å²) in [5.41, 5.74) is 0. The molecule has 0 aromatic carbocycles. The standard InChI is InChI=1S/C12H15N3S/c13-9-11(15-10-1-2-10)5-8-16-12-3-6-14-7-4-12/h3-4,6-7,10-11,15H,1-2,5,8H2. The molecule has 1 aliphatic carbocycles. The lowest BCUT2D eigenvalue weighted by Crippen LogP contribution is -2.29. The normalized spacial score (nSPS) is 16.7. The number of nitriles is 1. The van der Waals surface area contributed by atoms with Crippen LogP contribution < -0.4 is 5.32 Å². The number of thioether (sulfide) groups is 1. The Balaban J connectivity index is 1.68. The molecule has 1 fully saturated rings. The van der Waals surface area contributed by atoms with E-state index in [1.54, 1.807) is 24.2 Å². The van der Waals surface area contributed by atoms with Gasteiger partial charge in [-0.1, -0.05) is 0 Å². The molecule has 0 aliphatic heterocycles. The Morgan fingerprint density at radius 1 is 1.50 bits per heavy atom. The highest BCUT2D eigenvalue weighted by atomic mass is 32.2. The zero-order valence-electron chi connectivity index (χ0n) is 9.10. The average molecular weight is 233 g/mol. The van der Waals surface area contributed by atoms with Crippen LogP contribution in [0.5, 0.6) is 0 Å². The zero-order chi connectivity index (χ0) is 11.2. The lowest BCUT2D eigenvalue weighted by Gasteiger charge is -2.09. The minimum atomic E-state index is 0.0156. The van der Waals surface area contributed by atoms with Gasteiger partial charge in [-0.2, -0.15) is 5.26 Å². The summed E-state index contributed by atoms with van der Waals surface area (Å²) in [5.74, 6) is 0.974. The molecule has 0 saturated heterocycles. The number of pyridine rings is 1. The van der Waals surface area contributed by atoms with Gasteiger partial charge >= 0.3 is 0 Å². The first-order valence-electron chi connectivity index (χ1n) is 5.57. The summed E-state index contributed by atoms with van der Waals surface area (Å²) in [5, 5.41) is 12.3. The first-order chi connectivity index (χ1) is 7.88. The summed E-state index contributed by atoms with van der Waals surface area (Å²) in [6.45, 7) is 0. The third-order valence-electron chi connectivity index (χ3n) is 2.50. The van der Waals surface area contributed by atoms with Gasteiger partial charge in [-0.25, -0.2) is 0 Å². The SMILES string of the molecule is N#CC(CCSc1ccncc1)NC1CC1. The summed E-state index contributed by atoms with van der Waals surface area (Å²) in [6.07, 6.45) is 6.96. The van der Waals surface area contributed by atoms with Gasteiger partial charge in [0.25, 0.3) is 0 Å². The highest BCUT2D eigenvalue weighted by molar-refractivity contribution is 7.99. The maximum Gasteiger partial charge on any atom is 0.0963 e. The van der Waals surface area contributed by atoms with Gasteiger partial charge in [-0.05, 0) is 31.4 Å². The minimum Gasteiger partial charge on any atom is -0.299 e. The Morgan fingerprint density at radius 2 is 2.25 bits per heavy atom. The summed E-state index contributed by atoms with van der Waals surface area (Å²) >= 11 is 1.78. The van der Waals surface area contributed by atoms with Gasteiger partial charge < -0.3 is 0 Å². The number of rotatable bonds is 6. The number of aromatic nitrogens is 1. The Morgan fingerprint density at radius 3 is 2.88 bits per heavy atom. The zero-order valence-corrected chi connectivity index (χ0v) is 9.91. The number of hydrogen-bond donors (Lipinski definition) is 1. The van der Waals surface area contributed by atoms with Crippen LogP contribution in [-0.2, 0) is 0 Å². The topological polar surface area (TPSA) is 48.7 Å². The molecule has 16 heavy (non-hydrogen) atoms. The van der Waals surface area contributed by atoms with Gasteiger partial charge in [0.15, 0.2) is 0 Å². The molecule has 1 N–H and O–H groups in total. The van der Waals surface area contributed by atoms with Crippen molar-refractivity contribution in [2.45, 2.75) is 36.2 Å². The molecule has 0 spiro atoms. The van der Waals surface area contributed by atoms with E-state index in [0.29, 0.717) is 6.04 Å². The van der Waals surface area contributed by atoms with Gasteiger partial charge in [0.05, 0.1) is 12.1 Å². The van der Waals surface area contributed by atoms with E-state index in [0.717, 1.165) is 12.2 Å². The first-order valence-corrected chi connectivity index (χ1v) is 6.55. The van der Waals surface area contributed by atoms with E-state index in [9.17, 15) is 0 Å². The van der Waals surface area contributed by atoms with Gasteiger partial charge in [-0.3, -0.25) is 10.3 Å². The lowest BCUT2D eigenvalue weighted by molar-refractivity contribution is 0.587. The van der Waals surface area contributed by atoms with Crippen LogP contribution in [0.1, 0.15) is 19.3 Å². The lowest BCUT2D eigenvalue weighted by atomic mass is 10.2. The van der Waals surface area contributed by atoms with Crippen LogP contribution in [0.15, 0.2) is 29.4 Å². The van der Waals surface area contributed by atoms with E-state index in [-0.39, 0.29) is 6.04 Å². The van der Waals surface area contributed by atoms with E-state index >= 15 is 0 Å². The Hall–Kier alpha value is -1.05. The molecule has 84 valence electrons. The average Bonchev–Trinajstić information content (AvgIpc) is 3.13. The van der Waals surface area contributed by atoms with Crippen molar-refractivity contribution in [2.75, 3.05) is 5.75 Å². The van der Waals surface area contributed by atoms with E-state index < -0.39 is 0 Å². The molecule has 1 unspecified atom stereocenters. The molecule has 1 aromatic heterocycles. The molecular weight excluding hydrogens is 218 g/mol. The molecule has 1 saturated carbocycles. The largest absolute Gasteiger partial charge is 0.299 e. The van der Waals surface area contributed by atoms with Crippen molar-refractivity contribution in [2.24, 2.45) is 0 Å². The maximum atomic E-state index is 8.97. The van der Waals surface area contributed by atoms with Crippen LogP contribution in [0.2, 0.25) is 0 Å². The van der Waals surface area contributed by atoms with Crippen molar-refractivity contribution in [3.8, 4) is 6.07 Å². The molecule has 0 amide bonds. The molecule has 1 aliphatic rings. The van der Waals surface area contributed by atoms with Crippen molar-refractivity contribution in [3.63, 3.8) is 0 Å². The van der Waals surface area contributed by atoms with Crippen molar-refractivity contribution in [3.05, 3.63) is 24.5 Å². The molecule has 0 bridgehead atoms. The molecule has 0 radical (unpaired) electrons. The van der Waals surface area contributed by atoms with E-state index in [2.05, 4.69) is 16.4 Å². The second-order valence-electron chi connectivity index (χ2n) is 3.94. The molecule has 1 heterocycles. The molecule has 1 aromatic rings. The van der Waals surface area contributed by atoms with Crippen molar-refractivity contribution >= 4 is 11.8 Å². The van der Waals surface area contributed by atoms with Gasteiger partial charge in [0, 0.05) is 29.1 Å². The van der Waals surface area contributed by atoms with Gasteiger partial charge in [0.1, 0.15) is 0 Å². The summed E-state index contributed by atoms with van der Waals surface area (Å²) in [7, 11) is 0. The van der Waals surface area contributed by atoms with Crippen LogP contribution in [0.25, 0.3) is 0 Å². The van der Waals surface area contributed by atoms with Gasteiger partial charge in [-0.15, -0.1) is 11.8 Å². The predicted molar refractivity (Wildman–Crippen MR) is 65.1 cm³/mol. The number of hydrogen-bond acceptors (Lipinski definition) is 4. The maximum absolute atomic E-state index is 8.97. The van der Waals surface area contributed by atoms with Gasteiger partial charge in [0.2, 0.25) is 0 Å².